The molecule has 1 aromatic carbocycles. The summed E-state index contributed by atoms with van der Waals surface area (Å²) in [6, 6.07) is 5.75. The summed E-state index contributed by atoms with van der Waals surface area (Å²) in [5.41, 5.74) is 0.530. The molecule has 1 amide bonds. The van der Waals surface area contributed by atoms with E-state index in [-0.39, 0.29) is 28.5 Å². The molecule has 0 saturated carbocycles. The van der Waals surface area contributed by atoms with Gasteiger partial charge in [-0.05, 0) is 18.6 Å². The van der Waals surface area contributed by atoms with Crippen molar-refractivity contribution >= 4 is 39.8 Å². The minimum absolute atomic E-state index is 0.0255. The number of nitro groups is 1. The number of nitro benzene ring substituents is 1. The van der Waals surface area contributed by atoms with Crippen LogP contribution in [0.3, 0.4) is 0 Å². The van der Waals surface area contributed by atoms with Crippen molar-refractivity contribution in [1.82, 2.24) is 20.4 Å². The predicted molar refractivity (Wildman–Crippen MR) is 95.0 cm³/mol. The fraction of sp³-hybridized carbons (Fsp3) is 0.214. The van der Waals surface area contributed by atoms with Crippen molar-refractivity contribution < 1.29 is 14.1 Å². The van der Waals surface area contributed by atoms with Crippen LogP contribution in [0.2, 0.25) is 0 Å². The molecule has 134 valence electrons. The maximum atomic E-state index is 11.9. The molecule has 10 nitrogen and oxygen atoms in total. The van der Waals surface area contributed by atoms with Crippen LogP contribution in [0.1, 0.15) is 11.9 Å². The first-order valence-electron chi connectivity index (χ1n) is 7.38. The normalized spacial score (nSPS) is 10.7. The first kappa shape index (κ1) is 17.9. The van der Waals surface area contributed by atoms with Gasteiger partial charge in [0, 0.05) is 17.7 Å². The molecular weight excluding hydrogens is 380 g/mol. The fourth-order valence-electron chi connectivity index (χ4n) is 1.84. The molecule has 2 heterocycles. The third kappa shape index (κ3) is 4.40. The van der Waals surface area contributed by atoms with Crippen LogP contribution in [0.5, 0.6) is 0 Å². The lowest BCUT2D eigenvalue weighted by atomic mass is 10.2. The molecule has 0 spiro atoms. The van der Waals surface area contributed by atoms with E-state index in [1.54, 1.807) is 0 Å². The minimum atomic E-state index is -0.487. The zero-order chi connectivity index (χ0) is 18.5. The highest BCUT2D eigenvalue weighted by atomic mass is 32.2. The van der Waals surface area contributed by atoms with E-state index in [1.807, 2.05) is 6.92 Å². The highest BCUT2D eigenvalue weighted by Crippen LogP contribution is 2.25. The number of anilines is 1. The maximum absolute atomic E-state index is 11.9. The number of rotatable bonds is 7. The van der Waals surface area contributed by atoms with Crippen molar-refractivity contribution in [2.24, 2.45) is 0 Å². The van der Waals surface area contributed by atoms with Gasteiger partial charge in [-0.3, -0.25) is 20.2 Å². The number of amides is 1. The van der Waals surface area contributed by atoms with Crippen LogP contribution >= 0.6 is 23.1 Å². The molecular formula is C14H12N6O4S2. The molecule has 0 aliphatic carbocycles. The number of non-ortho nitro benzene ring substituents is 1. The van der Waals surface area contributed by atoms with Gasteiger partial charge >= 0.3 is 0 Å². The van der Waals surface area contributed by atoms with Gasteiger partial charge in [-0.15, -0.1) is 20.4 Å². The van der Waals surface area contributed by atoms with Crippen molar-refractivity contribution in [2.75, 3.05) is 11.1 Å². The van der Waals surface area contributed by atoms with E-state index in [9.17, 15) is 14.9 Å². The SMILES string of the molecule is CCc1nnc(NC(=O)CSc2nnc(-c3ccc([N+](=O)[O-])cc3)o2)s1. The Hall–Kier alpha value is -2.86. The number of thioether (sulfide) groups is 1. The summed E-state index contributed by atoms with van der Waals surface area (Å²) in [5.74, 6) is 0.0338. The van der Waals surface area contributed by atoms with Crippen molar-refractivity contribution in [3.05, 3.63) is 39.4 Å². The summed E-state index contributed by atoms with van der Waals surface area (Å²) in [7, 11) is 0. The van der Waals surface area contributed by atoms with Crippen LogP contribution in [-0.2, 0) is 11.2 Å². The van der Waals surface area contributed by atoms with E-state index in [0.29, 0.717) is 10.7 Å². The number of nitrogens with zero attached hydrogens (tertiary/aromatic N) is 5. The van der Waals surface area contributed by atoms with Crippen molar-refractivity contribution in [3.63, 3.8) is 0 Å². The number of carbonyl (C=O) groups excluding carboxylic acids is 1. The summed E-state index contributed by atoms with van der Waals surface area (Å²) in [6.07, 6.45) is 0.760. The number of carbonyl (C=O) groups is 1. The molecule has 0 unspecified atom stereocenters. The van der Waals surface area contributed by atoms with Gasteiger partial charge in [0.05, 0.1) is 10.7 Å². The van der Waals surface area contributed by atoms with E-state index < -0.39 is 4.92 Å². The summed E-state index contributed by atoms with van der Waals surface area (Å²) in [6.45, 7) is 1.96. The molecule has 0 saturated heterocycles. The van der Waals surface area contributed by atoms with E-state index >= 15 is 0 Å². The standard InChI is InChI=1S/C14H12N6O4S2/c1-2-11-16-18-13(26-11)15-10(21)7-25-14-19-17-12(24-14)8-3-5-9(6-4-8)20(22)23/h3-6H,2,7H2,1H3,(H,15,18,21). The van der Waals surface area contributed by atoms with Crippen LogP contribution < -0.4 is 5.32 Å². The van der Waals surface area contributed by atoms with Crippen molar-refractivity contribution in [1.29, 1.82) is 0 Å². The number of aromatic nitrogens is 4. The Labute approximate surface area is 155 Å². The van der Waals surface area contributed by atoms with E-state index in [1.165, 1.54) is 35.6 Å². The molecule has 12 heteroatoms. The van der Waals surface area contributed by atoms with Crippen LogP contribution in [0, 0.1) is 10.1 Å². The molecule has 0 atom stereocenters. The number of hydrogen-bond donors (Lipinski definition) is 1. The molecule has 3 rings (SSSR count). The number of nitrogens with one attached hydrogen (secondary N) is 1. The van der Waals surface area contributed by atoms with Gasteiger partial charge in [0.2, 0.25) is 16.9 Å². The summed E-state index contributed by atoms with van der Waals surface area (Å²) >= 11 is 2.40. The zero-order valence-corrected chi connectivity index (χ0v) is 15.0. The fourth-order valence-corrected chi connectivity index (χ4v) is 3.10. The smallest absolute Gasteiger partial charge is 0.277 e. The Balaban J connectivity index is 1.56. The summed E-state index contributed by atoms with van der Waals surface area (Å²) < 4.78 is 5.46. The van der Waals surface area contributed by atoms with Gasteiger partial charge < -0.3 is 4.42 Å². The lowest BCUT2D eigenvalue weighted by molar-refractivity contribution is -0.384. The highest BCUT2D eigenvalue weighted by Gasteiger charge is 2.14. The Kier molecular flexibility index (Phi) is 5.53. The predicted octanol–water partition coefficient (Wildman–Crippen LogP) is 2.79. The van der Waals surface area contributed by atoms with Gasteiger partial charge in [0.1, 0.15) is 5.01 Å². The van der Waals surface area contributed by atoms with Gasteiger partial charge in [-0.2, -0.15) is 0 Å². The number of hydrogen-bond acceptors (Lipinski definition) is 10. The molecule has 0 bridgehead atoms. The van der Waals surface area contributed by atoms with Gasteiger partial charge in [-0.1, -0.05) is 30.0 Å². The third-order valence-corrected chi connectivity index (χ3v) is 4.88. The zero-order valence-electron chi connectivity index (χ0n) is 13.4. The maximum Gasteiger partial charge on any atom is 0.277 e. The minimum Gasteiger partial charge on any atom is -0.411 e. The molecule has 0 aliphatic rings. The summed E-state index contributed by atoms with van der Waals surface area (Å²) in [5, 5.41) is 30.4. The Bertz CT molecular complexity index is 924. The quantitative estimate of drug-likeness (QED) is 0.365. The van der Waals surface area contributed by atoms with Gasteiger partial charge in [-0.25, -0.2) is 0 Å². The number of aryl methyl sites for hydroxylation is 1. The monoisotopic (exact) mass is 392 g/mol. The lowest BCUT2D eigenvalue weighted by Gasteiger charge is -1.98. The topological polar surface area (TPSA) is 137 Å². The molecule has 1 N–H and O–H groups in total. The molecule has 0 radical (unpaired) electrons. The van der Waals surface area contributed by atoms with E-state index in [2.05, 4.69) is 25.7 Å². The average molecular weight is 392 g/mol. The third-order valence-electron chi connectivity index (χ3n) is 3.07. The lowest BCUT2D eigenvalue weighted by Crippen LogP contribution is -2.13. The molecule has 26 heavy (non-hydrogen) atoms. The first-order chi connectivity index (χ1) is 12.5. The van der Waals surface area contributed by atoms with Crippen LogP contribution in [0.25, 0.3) is 11.5 Å². The highest BCUT2D eigenvalue weighted by molar-refractivity contribution is 7.99. The van der Waals surface area contributed by atoms with Crippen molar-refractivity contribution in [3.8, 4) is 11.5 Å². The van der Waals surface area contributed by atoms with Crippen LogP contribution in [-0.4, -0.2) is 37.0 Å². The largest absolute Gasteiger partial charge is 0.411 e. The summed E-state index contributed by atoms with van der Waals surface area (Å²) in [4.78, 5) is 22.1. The van der Waals surface area contributed by atoms with E-state index in [0.717, 1.165) is 23.2 Å². The molecule has 2 aromatic heterocycles. The Morgan fingerprint density at radius 1 is 1.27 bits per heavy atom. The molecule has 0 fully saturated rings. The second kappa shape index (κ2) is 8.01. The molecule has 0 aliphatic heterocycles. The Morgan fingerprint density at radius 3 is 2.69 bits per heavy atom. The van der Waals surface area contributed by atoms with Crippen LogP contribution in [0.15, 0.2) is 33.9 Å². The van der Waals surface area contributed by atoms with Gasteiger partial charge in [0.25, 0.3) is 10.9 Å². The molecule has 3 aromatic rings. The second-order valence-corrected chi connectivity index (χ2v) is 6.86. The van der Waals surface area contributed by atoms with Crippen LogP contribution in [0.4, 0.5) is 10.8 Å². The van der Waals surface area contributed by atoms with Gasteiger partial charge in [0.15, 0.2) is 0 Å². The second-order valence-electron chi connectivity index (χ2n) is 4.87. The van der Waals surface area contributed by atoms with E-state index in [4.69, 9.17) is 4.42 Å². The average Bonchev–Trinajstić information content (AvgIpc) is 3.29. The number of benzene rings is 1. The van der Waals surface area contributed by atoms with Crippen molar-refractivity contribution in [2.45, 2.75) is 18.6 Å². The Morgan fingerprint density at radius 2 is 2.04 bits per heavy atom. The first-order valence-corrected chi connectivity index (χ1v) is 9.18.